The smallest absolute Gasteiger partial charge is 0.152 e. The van der Waals surface area contributed by atoms with Crippen molar-refractivity contribution in [3.8, 4) is 11.5 Å². The second kappa shape index (κ2) is 12.3. The van der Waals surface area contributed by atoms with Crippen molar-refractivity contribution < 1.29 is 9.47 Å². The summed E-state index contributed by atoms with van der Waals surface area (Å²) in [4.78, 5) is 9.60. The Morgan fingerprint density at radius 2 is 1.67 bits per heavy atom. The molecule has 0 spiro atoms. The molecule has 0 bridgehead atoms. The molecule has 6 heteroatoms. The number of piperazine rings is 1. The molecule has 30 heavy (non-hydrogen) atoms. The molecule has 1 aliphatic rings. The zero-order valence-electron chi connectivity index (χ0n) is 18.5. The molecule has 6 nitrogen and oxygen atoms in total. The number of rotatable bonds is 12. The molecule has 3 rings (SSSR count). The molecule has 0 radical (unpaired) electrons. The van der Waals surface area contributed by atoms with E-state index in [1.807, 2.05) is 36.5 Å². The highest BCUT2D eigenvalue weighted by molar-refractivity contribution is 5.65. The van der Waals surface area contributed by atoms with Crippen molar-refractivity contribution in [1.82, 2.24) is 9.88 Å². The molecule has 2 aromatic rings. The first-order chi connectivity index (χ1) is 14.8. The van der Waals surface area contributed by atoms with Crippen LogP contribution in [0.25, 0.3) is 0 Å². The third-order valence-electron chi connectivity index (χ3n) is 5.52. The first-order valence-electron chi connectivity index (χ1n) is 11.2. The van der Waals surface area contributed by atoms with Crippen LogP contribution < -0.4 is 19.7 Å². The number of nitrogens with zero attached hydrogens (tertiary/aromatic N) is 3. The predicted octanol–water partition coefficient (Wildman–Crippen LogP) is 4.28. The van der Waals surface area contributed by atoms with E-state index in [1.165, 1.54) is 25.8 Å². The predicted molar refractivity (Wildman–Crippen MR) is 124 cm³/mol. The molecule has 1 aromatic heterocycles. The Hall–Kier alpha value is -2.47. The molecule has 1 aromatic carbocycles. The third kappa shape index (κ3) is 6.80. The molecule has 2 heterocycles. The van der Waals surface area contributed by atoms with Gasteiger partial charge in [-0.05, 0) is 62.7 Å². The van der Waals surface area contributed by atoms with Gasteiger partial charge < -0.3 is 19.7 Å². The molecule has 0 saturated carbocycles. The highest BCUT2D eigenvalue weighted by atomic mass is 16.5. The zero-order valence-corrected chi connectivity index (χ0v) is 18.5. The lowest BCUT2D eigenvalue weighted by Crippen LogP contribution is -2.47. The summed E-state index contributed by atoms with van der Waals surface area (Å²) in [6.45, 7) is 9.34. The van der Waals surface area contributed by atoms with E-state index in [2.05, 4.69) is 33.1 Å². The summed E-state index contributed by atoms with van der Waals surface area (Å²) >= 11 is 0. The van der Waals surface area contributed by atoms with Crippen LogP contribution in [-0.2, 0) is 0 Å². The highest BCUT2D eigenvalue weighted by Crippen LogP contribution is 2.23. The Morgan fingerprint density at radius 1 is 0.933 bits per heavy atom. The van der Waals surface area contributed by atoms with E-state index in [1.54, 1.807) is 7.11 Å². The van der Waals surface area contributed by atoms with E-state index >= 15 is 0 Å². The second-order valence-electron chi connectivity index (χ2n) is 7.67. The normalized spacial score (nSPS) is 14.5. The van der Waals surface area contributed by atoms with E-state index < -0.39 is 0 Å². The average molecular weight is 413 g/mol. The number of methoxy groups -OCH3 is 1. The van der Waals surface area contributed by atoms with Gasteiger partial charge in [0.15, 0.2) is 5.82 Å². The van der Waals surface area contributed by atoms with Crippen molar-refractivity contribution in [3.05, 3.63) is 42.6 Å². The Bertz CT molecular complexity index is 730. The number of ether oxygens (including phenoxy) is 2. The van der Waals surface area contributed by atoms with E-state index in [4.69, 9.17) is 9.47 Å². The summed E-state index contributed by atoms with van der Waals surface area (Å²) in [6.07, 6.45) is 6.73. The number of unbranched alkanes of at least 4 members (excludes halogenated alkanes) is 3. The van der Waals surface area contributed by atoms with E-state index in [-0.39, 0.29) is 0 Å². The fraction of sp³-hybridized carbons (Fsp3) is 0.542. The Morgan fingerprint density at radius 3 is 2.40 bits per heavy atom. The Balaban J connectivity index is 1.25. The van der Waals surface area contributed by atoms with Crippen LogP contribution in [0.1, 0.15) is 32.6 Å². The molecule has 1 saturated heterocycles. The summed E-state index contributed by atoms with van der Waals surface area (Å²) in [5, 5.41) is 3.43. The largest absolute Gasteiger partial charge is 0.497 e. The maximum Gasteiger partial charge on any atom is 0.152 e. The minimum Gasteiger partial charge on any atom is -0.497 e. The SMILES string of the molecule is CCNc1cccnc1N1CCN(CCCCCCOc2ccc(OC)cc2)CC1. The van der Waals surface area contributed by atoms with Gasteiger partial charge in [0.05, 0.1) is 19.4 Å². The van der Waals surface area contributed by atoms with Gasteiger partial charge in [0.2, 0.25) is 0 Å². The van der Waals surface area contributed by atoms with Crippen LogP contribution in [0.15, 0.2) is 42.6 Å². The first kappa shape index (κ1) is 22.2. The summed E-state index contributed by atoms with van der Waals surface area (Å²) < 4.78 is 11.0. The number of nitrogens with one attached hydrogen (secondary N) is 1. The molecule has 1 N–H and O–H groups in total. The monoisotopic (exact) mass is 412 g/mol. The summed E-state index contributed by atoms with van der Waals surface area (Å²) in [7, 11) is 1.68. The number of hydrogen-bond donors (Lipinski definition) is 1. The van der Waals surface area contributed by atoms with Crippen molar-refractivity contribution in [2.45, 2.75) is 32.6 Å². The van der Waals surface area contributed by atoms with Gasteiger partial charge in [-0.2, -0.15) is 0 Å². The van der Waals surface area contributed by atoms with Crippen LogP contribution in [0, 0.1) is 0 Å². The van der Waals surface area contributed by atoms with E-state index in [9.17, 15) is 0 Å². The molecule has 0 amide bonds. The molecule has 1 aliphatic heterocycles. The number of anilines is 2. The quantitative estimate of drug-likeness (QED) is 0.525. The standard InChI is InChI=1S/C24H36N4O2/c1-3-25-23-9-8-14-26-24(23)28-18-16-27(17-19-28)15-6-4-5-7-20-30-22-12-10-21(29-2)11-13-22/h8-14,25H,3-7,15-20H2,1-2H3. The maximum absolute atomic E-state index is 5.80. The molecular formula is C24H36N4O2. The average Bonchev–Trinajstić information content (AvgIpc) is 2.80. The molecule has 1 fully saturated rings. The molecule has 0 unspecified atom stereocenters. The number of pyridine rings is 1. The van der Waals surface area contributed by atoms with E-state index in [0.717, 1.165) is 68.8 Å². The fourth-order valence-corrected chi connectivity index (χ4v) is 3.81. The lowest BCUT2D eigenvalue weighted by atomic mass is 10.2. The first-order valence-corrected chi connectivity index (χ1v) is 11.2. The van der Waals surface area contributed by atoms with Crippen molar-refractivity contribution >= 4 is 11.5 Å². The van der Waals surface area contributed by atoms with Gasteiger partial charge in [-0.3, -0.25) is 4.90 Å². The maximum atomic E-state index is 5.80. The number of hydrogen-bond acceptors (Lipinski definition) is 6. The van der Waals surface area contributed by atoms with E-state index in [0.29, 0.717) is 0 Å². The van der Waals surface area contributed by atoms with Gasteiger partial charge in [0, 0.05) is 38.9 Å². The van der Waals surface area contributed by atoms with Crippen molar-refractivity contribution in [1.29, 1.82) is 0 Å². The van der Waals surface area contributed by atoms with Gasteiger partial charge in [-0.1, -0.05) is 12.8 Å². The lowest BCUT2D eigenvalue weighted by Gasteiger charge is -2.36. The topological polar surface area (TPSA) is 49.9 Å². The lowest BCUT2D eigenvalue weighted by molar-refractivity contribution is 0.249. The Labute approximate surface area is 181 Å². The van der Waals surface area contributed by atoms with Crippen LogP contribution in [0.4, 0.5) is 11.5 Å². The van der Waals surface area contributed by atoms with Gasteiger partial charge in [0.1, 0.15) is 11.5 Å². The molecule has 0 atom stereocenters. The van der Waals surface area contributed by atoms with Crippen LogP contribution in [-0.4, -0.2) is 62.9 Å². The van der Waals surface area contributed by atoms with Crippen LogP contribution in [0.2, 0.25) is 0 Å². The Kier molecular flexibility index (Phi) is 9.09. The zero-order chi connectivity index (χ0) is 21.0. The summed E-state index contributed by atoms with van der Waals surface area (Å²) in [6, 6.07) is 11.9. The summed E-state index contributed by atoms with van der Waals surface area (Å²) in [5.41, 5.74) is 1.14. The number of benzene rings is 1. The van der Waals surface area contributed by atoms with Crippen LogP contribution >= 0.6 is 0 Å². The number of aromatic nitrogens is 1. The second-order valence-corrected chi connectivity index (χ2v) is 7.67. The molecule has 164 valence electrons. The third-order valence-corrected chi connectivity index (χ3v) is 5.52. The van der Waals surface area contributed by atoms with Crippen molar-refractivity contribution in [2.24, 2.45) is 0 Å². The van der Waals surface area contributed by atoms with Gasteiger partial charge in [-0.15, -0.1) is 0 Å². The minimum absolute atomic E-state index is 0.781. The molecular weight excluding hydrogens is 376 g/mol. The summed E-state index contributed by atoms with van der Waals surface area (Å²) in [5.74, 6) is 2.87. The highest BCUT2D eigenvalue weighted by Gasteiger charge is 2.19. The van der Waals surface area contributed by atoms with Crippen molar-refractivity contribution in [3.63, 3.8) is 0 Å². The fourth-order valence-electron chi connectivity index (χ4n) is 3.81. The van der Waals surface area contributed by atoms with Crippen LogP contribution in [0.5, 0.6) is 11.5 Å². The van der Waals surface area contributed by atoms with Gasteiger partial charge in [-0.25, -0.2) is 4.98 Å². The molecule has 0 aliphatic carbocycles. The van der Waals surface area contributed by atoms with Crippen molar-refractivity contribution in [2.75, 3.05) is 63.2 Å². The minimum atomic E-state index is 0.781. The van der Waals surface area contributed by atoms with Gasteiger partial charge in [0.25, 0.3) is 0 Å². The van der Waals surface area contributed by atoms with Gasteiger partial charge >= 0.3 is 0 Å². The van der Waals surface area contributed by atoms with Crippen LogP contribution in [0.3, 0.4) is 0 Å².